The maximum Gasteiger partial charge on any atom is 0.148 e. The van der Waals surface area contributed by atoms with Crippen molar-refractivity contribution in [3.8, 4) is 0 Å². The van der Waals surface area contributed by atoms with Gasteiger partial charge in [0.1, 0.15) is 18.0 Å². The normalized spacial score (nSPS) is 22.0. The maximum atomic E-state index is 9.50. The molecule has 1 aliphatic carbocycles. The molecule has 1 saturated carbocycles. The monoisotopic (exact) mass is 293 g/mol. The van der Waals surface area contributed by atoms with Crippen LogP contribution in [0.4, 0.5) is 11.6 Å². The van der Waals surface area contributed by atoms with Crippen LogP contribution in [0, 0.1) is 11.8 Å². The van der Waals surface area contributed by atoms with E-state index in [4.69, 9.17) is 5.84 Å². The highest BCUT2D eigenvalue weighted by Gasteiger charge is 2.24. The van der Waals surface area contributed by atoms with Gasteiger partial charge in [-0.2, -0.15) is 0 Å². The van der Waals surface area contributed by atoms with E-state index in [0.29, 0.717) is 17.7 Å². The van der Waals surface area contributed by atoms with Gasteiger partial charge in [-0.05, 0) is 31.1 Å². The van der Waals surface area contributed by atoms with E-state index < -0.39 is 0 Å². The average Bonchev–Trinajstić information content (AvgIpc) is 2.54. The zero-order chi connectivity index (χ0) is 15.1. The van der Waals surface area contributed by atoms with Gasteiger partial charge in [0.15, 0.2) is 0 Å². The summed E-state index contributed by atoms with van der Waals surface area (Å²) in [6.45, 7) is 3.26. The van der Waals surface area contributed by atoms with Crippen molar-refractivity contribution in [3.05, 3.63) is 11.9 Å². The summed E-state index contributed by atoms with van der Waals surface area (Å²) in [7, 11) is 0. The summed E-state index contributed by atoms with van der Waals surface area (Å²) in [6, 6.07) is 0. The molecule has 118 valence electrons. The van der Waals surface area contributed by atoms with Crippen LogP contribution in [0.5, 0.6) is 0 Å². The fourth-order valence-electron chi connectivity index (χ4n) is 3.20. The Bertz CT molecular complexity index is 440. The molecule has 2 rings (SSSR count). The van der Waals surface area contributed by atoms with Crippen molar-refractivity contribution in [3.63, 3.8) is 0 Å². The first-order valence-electron chi connectivity index (χ1n) is 7.95. The minimum atomic E-state index is 0.285. The third-order valence-electron chi connectivity index (χ3n) is 4.41. The largest absolute Gasteiger partial charge is 0.396 e. The maximum absolute atomic E-state index is 9.50. The number of aliphatic hydroxyl groups is 1. The fraction of sp³-hybridized carbons (Fsp3) is 0.733. The first kappa shape index (κ1) is 16.0. The van der Waals surface area contributed by atoms with Gasteiger partial charge >= 0.3 is 0 Å². The van der Waals surface area contributed by atoms with Crippen LogP contribution in [0.25, 0.3) is 0 Å². The Morgan fingerprint density at radius 3 is 2.62 bits per heavy atom. The van der Waals surface area contributed by atoms with Gasteiger partial charge in [0.2, 0.25) is 0 Å². The minimum absolute atomic E-state index is 0.285. The molecule has 1 aliphatic rings. The number of nitrogen functional groups attached to an aromatic ring is 1. The summed E-state index contributed by atoms with van der Waals surface area (Å²) in [5.74, 6) is 8.01. The van der Waals surface area contributed by atoms with E-state index in [2.05, 4.69) is 27.6 Å². The molecular formula is C15H27N5O. The Balaban J connectivity index is 2.04. The Labute approximate surface area is 126 Å². The molecule has 0 bridgehead atoms. The van der Waals surface area contributed by atoms with E-state index in [1.165, 1.54) is 25.6 Å². The van der Waals surface area contributed by atoms with Crippen molar-refractivity contribution in [2.75, 3.05) is 23.9 Å². The molecule has 6 nitrogen and oxygen atoms in total. The lowest BCUT2D eigenvalue weighted by Gasteiger charge is -2.30. The number of aromatic nitrogens is 2. The smallest absolute Gasteiger partial charge is 0.148 e. The lowest BCUT2D eigenvalue weighted by molar-refractivity contribution is 0.141. The van der Waals surface area contributed by atoms with Crippen LogP contribution in [0.15, 0.2) is 6.33 Å². The van der Waals surface area contributed by atoms with Crippen LogP contribution < -0.4 is 16.6 Å². The number of nitrogens with two attached hydrogens (primary N) is 1. The van der Waals surface area contributed by atoms with Crippen molar-refractivity contribution >= 4 is 11.6 Å². The van der Waals surface area contributed by atoms with E-state index in [9.17, 15) is 5.11 Å². The number of aliphatic hydroxyl groups excluding tert-OH is 1. The molecule has 21 heavy (non-hydrogen) atoms. The Kier molecular flexibility index (Phi) is 6.20. The van der Waals surface area contributed by atoms with E-state index in [-0.39, 0.29) is 6.61 Å². The summed E-state index contributed by atoms with van der Waals surface area (Å²) in [6.07, 6.45) is 8.22. The molecule has 1 aromatic heterocycles. The first-order chi connectivity index (χ1) is 10.3. The number of hydrogen-bond acceptors (Lipinski definition) is 6. The van der Waals surface area contributed by atoms with Gasteiger partial charge in [0, 0.05) is 18.7 Å². The summed E-state index contributed by atoms with van der Waals surface area (Å²) in [5, 5.41) is 12.9. The number of nitrogens with zero attached hydrogens (tertiary/aromatic N) is 2. The van der Waals surface area contributed by atoms with Gasteiger partial charge in [-0.1, -0.05) is 26.2 Å². The molecule has 1 fully saturated rings. The lowest BCUT2D eigenvalue weighted by Crippen LogP contribution is -2.29. The zero-order valence-electron chi connectivity index (χ0n) is 12.8. The van der Waals surface area contributed by atoms with Crippen LogP contribution in [0.2, 0.25) is 0 Å². The van der Waals surface area contributed by atoms with Crippen LogP contribution in [0.3, 0.4) is 0 Å². The van der Waals surface area contributed by atoms with Crippen molar-refractivity contribution in [1.82, 2.24) is 9.97 Å². The second-order valence-corrected chi connectivity index (χ2v) is 5.81. The quantitative estimate of drug-likeness (QED) is 0.453. The molecule has 2 unspecified atom stereocenters. The Morgan fingerprint density at radius 1 is 1.24 bits per heavy atom. The van der Waals surface area contributed by atoms with Gasteiger partial charge in [0.05, 0.1) is 0 Å². The number of rotatable bonds is 7. The second-order valence-electron chi connectivity index (χ2n) is 5.81. The van der Waals surface area contributed by atoms with Crippen molar-refractivity contribution in [2.24, 2.45) is 17.7 Å². The van der Waals surface area contributed by atoms with E-state index in [1.54, 1.807) is 0 Å². The first-order valence-corrected chi connectivity index (χ1v) is 7.95. The number of anilines is 2. The van der Waals surface area contributed by atoms with Crippen molar-refractivity contribution < 1.29 is 5.11 Å². The number of hydrazine groups is 1. The van der Waals surface area contributed by atoms with Gasteiger partial charge in [-0.3, -0.25) is 0 Å². The Hall–Kier alpha value is -1.40. The van der Waals surface area contributed by atoms with Gasteiger partial charge < -0.3 is 15.8 Å². The highest BCUT2D eigenvalue weighted by molar-refractivity contribution is 5.56. The van der Waals surface area contributed by atoms with Crippen LogP contribution in [-0.2, 0) is 6.42 Å². The molecule has 0 amide bonds. The van der Waals surface area contributed by atoms with Crippen LogP contribution >= 0.6 is 0 Å². The average molecular weight is 293 g/mol. The van der Waals surface area contributed by atoms with Crippen LogP contribution in [-0.4, -0.2) is 28.2 Å². The SMILES string of the molecule is CCCc1c(NN)ncnc1NCC1CCCCC1CO. The van der Waals surface area contributed by atoms with Gasteiger partial charge in [-0.15, -0.1) is 0 Å². The second kappa shape index (κ2) is 8.14. The summed E-state index contributed by atoms with van der Waals surface area (Å²) < 4.78 is 0. The minimum Gasteiger partial charge on any atom is -0.396 e. The predicted octanol–water partition coefficient (Wildman–Crippen LogP) is 1.93. The molecule has 5 N–H and O–H groups in total. The van der Waals surface area contributed by atoms with Crippen molar-refractivity contribution in [1.29, 1.82) is 0 Å². The molecule has 1 heterocycles. The van der Waals surface area contributed by atoms with Crippen molar-refractivity contribution in [2.45, 2.75) is 45.4 Å². The number of nitrogens with one attached hydrogen (secondary N) is 2. The van der Waals surface area contributed by atoms with E-state index in [1.807, 2.05) is 0 Å². The molecule has 0 spiro atoms. The molecule has 0 saturated heterocycles. The molecule has 0 aliphatic heterocycles. The highest BCUT2D eigenvalue weighted by atomic mass is 16.3. The molecule has 1 aromatic rings. The molecule has 6 heteroatoms. The van der Waals surface area contributed by atoms with Gasteiger partial charge in [-0.25, -0.2) is 15.8 Å². The molecule has 2 atom stereocenters. The third kappa shape index (κ3) is 4.04. The van der Waals surface area contributed by atoms with E-state index in [0.717, 1.165) is 37.2 Å². The number of hydrogen-bond donors (Lipinski definition) is 4. The van der Waals surface area contributed by atoms with Gasteiger partial charge in [0.25, 0.3) is 0 Å². The topological polar surface area (TPSA) is 96.1 Å². The molecule has 0 aromatic carbocycles. The summed E-state index contributed by atoms with van der Waals surface area (Å²) >= 11 is 0. The van der Waals surface area contributed by atoms with Crippen LogP contribution in [0.1, 0.15) is 44.6 Å². The molecule has 0 radical (unpaired) electrons. The predicted molar refractivity (Wildman–Crippen MR) is 84.9 cm³/mol. The van der Waals surface area contributed by atoms with E-state index >= 15 is 0 Å². The summed E-state index contributed by atoms with van der Waals surface area (Å²) in [5.41, 5.74) is 3.69. The Morgan fingerprint density at radius 2 is 1.95 bits per heavy atom. The standard InChI is InChI=1S/C15H27N5O/c1-2-5-13-14(18-10-19-15(13)20-16)17-8-11-6-3-4-7-12(11)9-21/h10-12,21H,2-9,16H2,1H3,(H2,17,18,19,20). The highest BCUT2D eigenvalue weighted by Crippen LogP contribution is 2.30. The third-order valence-corrected chi connectivity index (χ3v) is 4.41. The summed E-state index contributed by atoms with van der Waals surface area (Å²) in [4.78, 5) is 8.54. The fourth-order valence-corrected chi connectivity index (χ4v) is 3.20. The lowest BCUT2D eigenvalue weighted by atomic mass is 9.79. The zero-order valence-corrected chi connectivity index (χ0v) is 12.8. The molecular weight excluding hydrogens is 266 g/mol.